The van der Waals surface area contributed by atoms with Crippen LogP contribution in [-0.4, -0.2) is 57.3 Å². The molecular formula is C11H22N5O5P. The molecule has 1 rings (SSSR count). The molecule has 0 spiro atoms. The first-order valence-corrected chi connectivity index (χ1v) is 8.47. The number of aliphatic imine (C=N–C) groups is 1. The Bertz CT molecular complexity index is 501. The summed E-state index contributed by atoms with van der Waals surface area (Å²) in [4.78, 5) is 46.8. The van der Waals surface area contributed by atoms with Gasteiger partial charge in [-0.05, 0) is 25.7 Å². The van der Waals surface area contributed by atoms with Gasteiger partial charge in [0.25, 0.3) is 5.52 Å². The maximum atomic E-state index is 12.2. The third-order valence-electron chi connectivity index (χ3n) is 3.39. The SMILES string of the molecule is NC(N)=NCCC[C@H](N)C(=O)N1CCC[C@H]1C(=O)P(=O)(O)O. The Morgan fingerprint density at radius 1 is 1.36 bits per heavy atom. The van der Waals surface area contributed by atoms with Crippen LogP contribution in [0.2, 0.25) is 0 Å². The van der Waals surface area contributed by atoms with Gasteiger partial charge in [-0.1, -0.05) is 0 Å². The van der Waals surface area contributed by atoms with Gasteiger partial charge in [-0.3, -0.25) is 19.1 Å². The highest BCUT2D eigenvalue weighted by atomic mass is 31.2. The molecule has 0 radical (unpaired) electrons. The molecule has 1 aliphatic heterocycles. The standard InChI is InChI=1S/C11H22N5O5P/c12-7(3-1-5-15-11(13)14)9(17)16-6-2-4-8(16)10(18)22(19,20)21/h7-8H,1-6,12H2,(H4,13,14,15)(H2,19,20,21)/t7-,8-/m0/s1. The minimum Gasteiger partial charge on any atom is -0.370 e. The lowest BCUT2D eigenvalue weighted by Gasteiger charge is -2.26. The molecule has 10 nitrogen and oxygen atoms in total. The van der Waals surface area contributed by atoms with Crippen molar-refractivity contribution in [3.63, 3.8) is 0 Å². The zero-order chi connectivity index (χ0) is 16.9. The van der Waals surface area contributed by atoms with E-state index < -0.39 is 31.1 Å². The second kappa shape index (κ2) is 7.68. The van der Waals surface area contributed by atoms with Gasteiger partial charge in [-0.25, -0.2) is 0 Å². The molecule has 1 fully saturated rings. The number of guanidine groups is 1. The molecule has 1 aliphatic rings. The number of rotatable bonds is 7. The zero-order valence-electron chi connectivity index (χ0n) is 12.1. The molecule has 0 unspecified atom stereocenters. The predicted molar refractivity (Wildman–Crippen MR) is 79.7 cm³/mol. The molecule has 126 valence electrons. The van der Waals surface area contributed by atoms with Crippen LogP contribution >= 0.6 is 7.60 Å². The summed E-state index contributed by atoms with van der Waals surface area (Å²) in [6.07, 6.45) is 1.53. The van der Waals surface area contributed by atoms with Crippen molar-refractivity contribution in [2.45, 2.75) is 37.8 Å². The summed E-state index contributed by atoms with van der Waals surface area (Å²) in [5, 5.41) is 0. The minimum absolute atomic E-state index is 0.0493. The van der Waals surface area contributed by atoms with E-state index in [0.717, 1.165) is 4.90 Å². The summed E-state index contributed by atoms with van der Waals surface area (Å²) in [5.41, 5.74) is 14.9. The highest BCUT2D eigenvalue weighted by Crippen LogP contribution is 2.40. The fraction of sp³-hybridized carbons (Fsp3) is 0.727. The van der Waals surface area contributed by atoms with E-state index in [1.54, 1.807) is 0 Å². The molecule has 0 aliphatic carbocycles. The molecule has 2 atom stereocenters. The minimum atomic E-state index is -4.87. The van der Waals surface area contributed by atoms with E-state index >= 15 is 0 Å². The summed E-state index contributed by atoms with van der Waals surface area (Å²) >= 11 is 0. The van der Waals surface area contributed by atoms with Gasteiger partial charge in [-0.2, -0.15) is 0 Å². The van der Waals surface area contributed by atoms with E-state index in [2.05, 4.69) is 4.99 Å². The summed E-state index contributed by atoms with van der Waals surface area (Å²) in [6.45, 7) is 0.588. The average molecular weight is 335 g/mol. The van der Waals surface area contributed by atoms with Crippen molar-refractivity contribution in [3.8, 4) is 0 Å². The van der Waals surface area contributed by atoms with Gasteiger partial charge >= 0.3 is 7.60 Å². The fourth-order valence-electron chi connectivity index (χ4n) is 2.34. The third kappa shape index (κ3) is 5.06. The van der Waals surface area contributed by atoms with Crippen molar-refractivity contribution >= 4 is 25.0 Å². The second-order valence-electron chi connectivity index (χ2n) is 5.13. The number of nitrogens with two attached hydrogens (primary N) is 3. The number of amides is 1. The van der Waals surface area contributed by atoms with Gasteiger partial charge in [0.1, 0.15) is 6.04 Å². The lowest BCUT2D eigenvalue weighted by Crippen LogP contribution is -2.48. The van der Waals surface area contributed by atoms with E-state index in [9.17, 15) is 14.2 Å². The lowest BCUT2D eigenvalue weighted by atomic mass is 10.1. The van der Waals surface area contributed by atoms with Gasteiger partial charge in [0.2, 0.25) is 5.91 Å². The topological polar surface area (TPSA) is 185 Å². The van der Waals surface area contributed by atoms with E-state index in [1.807, 2.05) is 0 Å². The van der Waals surface area contributed by atoms with Gasteiger partial charge in [0.15, 0.2) is 5.96 Å². The summed E-state index contributed by atoms with van der Waals surface area (Å²) in [6, 6.07) is -1.96. The Kier molecular flexibility index (Phi) is 6.48. The van der Waals surface area contributed by atoms with Gasteiger partial charge in [-0.15, -0.1) is 0 Å². The molecular weight excluding hydrogens is 313 g/mol. The Balaban J connectivity index is 2.61. The molecule has 1 amide bonds. The molecule has 0 bridgehead atoms. The molecule has 0 aromatic carbocycles. The van der Waals surface area contributed by atoms with Crippen molar-refractivity contribution in [2.75, 3.05) is 13.1 Å². The Labute approximate surface area is 127 Å². The summed E-state index contributed by atoms with van der Waals surface area (Å²) in [5.74, 6) is -0.541. The maximum absolute atomic E-state index is 12.2. The predicted octanol–water partition coefficient (Wildman–Crippen LogP) is -1.94. The van der Waals surface area contributed by atoms with Gasteiger partial charge in [0, 0.05) is 13.1 Å². The molecule has 1 heterocycles. The first-order valence-electron chi connectivity index (χ1n) is 6.86. The van der Waals surface area contributed by atoms with Crippen LogP contribution in [0.5, 0.6) is 0 Å². The van der Waals surface area contributed by atoms with Crippen molar-refractivity contribution < 1.29 is 23.9 Å². The Hall–Kier alpha value is -1.48. The van der Waals surface area contributed by atoms with Crippen LogP contribution in [0.15, 0.2) is 4.99 Å². The van der Waals surface area contributed by atoms with E-state index in [0.29, 0.717) is 25.8 Å². The molecule has 8 N–H and O–H groups in total. The number of hydrogen-bond donors (Lipinski definition) is 5. The number of hydrogen-bond acceptors (Lipinski definition) is 5. The van der Waals surface area contributed by atoms with Gasteiger partial charge < -0.3 is 31.9 Å². The lowest BCUT2D eigenvalue weighted by molar-refractivity contribution is -0.137. The number of nitrogens with zero attached hydrogens (tertiary/aromatic N) is 2. The molecule has 0 saturated carbocycles. The Morgan fingerprint density at radius 3 is 2.55 bits per heavy atom. The fourth-order valence-corrected chi connectivity index (χ4v) is 2.99. The summed E-state index contributed by atoms with van der Waals surface area (Å²) < 4.78 is 11.1. The molecule has 0 aromatic heterocycles. The molecule has 0 aromatic rings. The number of carbonyl (C=O) groups is 2. The monoisotopic (exact) mass is 335 g/mol. The van der Waals surface area contributed by atoms with Crippen LogP contribution in [0.1, 0.15) is 25.7 Å². The van der Waals surface area contributed by atoms with Crippen LogP contribution in [0.4, 0.5) is 0 Å². The maximum Gasteiger partial charge on any atom is 0.393 e. The number of carbonyl (C=O) groups excluding carboxylic acids is 2. The van der Waals surface area contributed by atoms with Crippen molar-refractivity contribution in [1.29, 1.82) is 0 Å². The van der Waals surface area contributed by atoms with Gasteiger partial charge in [0.05, 0.1) is 6.04 Å². The van der Waals surface area contributed by atoms with E-state index in [-0.39, 0.29) is 18.9 Å². The highest BCUT2D eigenvalue weighted by molar-refractivity contribution is 7.70. The van der Waals surface area contributed by atoms with Crippen LogP contribution < -0.4 is 17.2 Å². The largest absolute Gasteiger partial charge is 0.393 e. The average Bonchev–Trinajstić information content (AvgIpc) is 2.89. The third-order valence-corrected chi connectivity index (χ3v) is 4.27. The van der Waals surface area contributed by atoms with Crippen LogP contribution in [-0.2, 0) is 14.2 Å². The van der Waals surface area contributed by atoms with Crippen molar-refractivity contribution in [3.05, 3.63) is 0 Å². The van der Waals surface area contributed by atoms with Crippen molar-refractivity contribution in [1.82, 2.24) is 4.90 Å². The number of likely N-dealkylation sites (tertiary alicyclic amines) is 1. The smallest absolute Gasteiger partial charge is 0.370 e. The van der Waals surface area contributed by atoms with Crippen LogP contribution in [0.3, 0.4) is 0 Å². The van der Waals surface area contributed by atoms with Crippen LogP contribution in [0, 0.1) is 0 Å². The zero-order valence-corrected chi connectivity index (χ0v) is 13.0. The first kappa shape index (κ1) is 18.6. The highest BCUT2D eigenvalue weighted by Gasteiger charge is 2.42. The molecule has 1 saturated heterocycles. The summed E-state index contributed by atoms with van der Waals surface area (Å²) in [7, 11) is -4.87. The Morgan fingerprint density at radius 2 is 2.00 bits per heavy atom. The van der Waals surface area contributed by atoms with Crippen molar-refractivity contribution in [2.24, 2.45) is 22.2 Å². The molecule has 22 heavy (non-hydrogen) atoms. The quantitative estimate of drug-likeness (QED) is 0.154. The van der Waals surface area contributed by atoms with E-state index in [4.69, 9.17) is 27.0 Å². The normalized spacial score (nSPS) is 19.8. The second-order valence-corrected chi connectivity index (χ2v) is 6.66. The molecule has 11 heteroatoms. The first-order chi connectivity index (χ1) is 10.1. The van der Waals surface area contributed by atoms with Crippen LogP contribution in [0.25, 0.3) is 0 Å². The van der Waals surface area contributed by atoms with E-state index in [1.165, 1.54) is 0 Å².